The van der Waals surface area contributed by atoms with Crippen LogP contribution in [0.4, 0.5) is 0 Å². The Morgan fingerprint density at radius 3 is 2.45 bits per heavy atom. The van der Waals surface area contributed by atoms with E-state index in [2.05, 4.69) is 5.32 Å². The third-order valence-electron chi connectivity index (χ3n) is 3.17. The molecule has 1 atom stereocenters. The topological polar surface area (TPSA) is 64.6 Å². The van der Waals surface area contributed by atoms with Crippen LogP contribution in [-0.2, 0) is 9.84 Å². The number of benzene rings is 1. The Balaban J connectivity index is 2.83. The standard InChI is InChI=1S/C14H23NO4S/c1-15-13(6-5-9-20(4,16)17)12-8-7-11(18-2)10-14(12)19-3/h7-8,10,13,15H,5-6,9H2,1-4H3. The van der Waals surface area contributed by atoms with Crippen molar-refractivity contribution in [3.63, 3.8) is 0 Å². The zero-order valence-electron chi connectivity index (χ0n) is 12.5. The Morgan fingerprint density at radius 2 is 1.95 bits per heavy atom. The van der Waals surface area contributed by atoms with Gasteiger partial charge in [0.25, 0.3) is 0 Å². The number of nitrogens with one attached hydrogen (secondary N) is 1. The van der Waals surface area contributed by atoms with Crippen molar-refractivity contribution in [1.29, 1.82) is 0 Å². The van der Waals surface area contributed by atoms with E-state index in [1.165, 1.54) is 6.26 Å². The monoisotopic (exact) mass is 301 g/mol. The first-order valence-electron chi connectivity index (χ1n) is 6.48. The highest BCUT2D eigenvalue weighted by Gasteiger charge is 2.16. The summed E-state index contributed by atoms with van der Waals surface area (Å²) in [6.45, 7) is 0. The van der Waals surface area contributed by atoms with Gasteiger partial charge >= 0.3 is 0 Å². The van der Waals surface area contributed by atoms with Crippen molar-refractivity contribution in [1.82, 2.24) is 5.32 Å². The number of sulfone groups is 1. The number of ether oxygens (including phenoxy) is 2. The van der Waals surface area contributed by atoms with Crippen molar-refractivity contribution in [3.8, 4) is 11.5 Å². The van der Waals surface area contributed by atoms with Gasteiger partial charge < -0.3 is 14.8 Å². The lowest BCUT2D eigenvalue weighted by atomic mass is 10.0. The SMILES string of the molecule is CNC(CCCS(C)(=O)=O)c1ccc(OC)cc1OC. The molecule has 0 aliphatic carbocycles. The van der Waals surface area contributed by atoms with E-state index < -0.39 is 9.84 Å². The van der Waals surface area contributed by atoms with Crippen molar-refractivity contribution < 1.29 is 17.9 Å². The number of hydrogen-bond acceptors (Lipinski definition) is 5. The van der Waals surface area contributed by atoms with Crippen molar-refractivity contribution in [3.05, 3.63) is 23.8 Å². The van der Waals surface area contributed by atoms with E-state index in [9.17, 15) is 8.42 Å². The molecule has 1 aromatic rings. The molecule has 0 amide bonds. The fourth-order valence-corrected chi connectivity index (χ4v) is 2.80. The molecule has 0 bridgehead atoms. The van der Waals surface area contributed by atoms with Crippen molar-refractivity contribution in [2.75, 3.05) is 33.3 Å². The molecular weight excluding hydrogens is 278 g/mol. The summed E-state index contributed by atoms with van der Waals surface area (Å²) in [4.78, 5) is 0. The van der Waals surface area contributed by atoms with Gasteiger partial charge in [0.1, 0.15) is 21.3 Å². The van der Waals surface area contributed by atoms with Crippen LogP contribution in [0.2, 0.25) is 0 Å². The lowest BCUT2D eigenvalue weighted by molar-refractivity contribution is 0.383. The first-order valence-corrected chi connectivity index (χ1v) is 8.54. The zero-order valence-corrected chi connectivity index (χ0v) is 13.3. The van der Waals surface area contributed by atoms with Gasteiger partial charge in [-0.1, -0.05) is 6.07 Å². The third kappa shape index (κ3) is 5.02. The van der Waals surface area contributed by atoms with Gasteiger partial charge in [0.05, 0.1) is 14.2 Å². The van der Waals surface area contributed by atoms with Crippen LogP contribution in [0.3, 0.4) is 0 Å². The van der Waals surface area contributed by atoms with E-state index in [0.717, 1.165) is 23.5 Å². The highest BCUT2D eigenvalue weighted by Crippen LogP contribution is 2.31. The van der Waals surface area contributed by atoms with E-state index in [1.54, 1.807) is 14.2 Å². The Morgan fingerprint density at radius 1 is 1.25 bits per heavy atom. The molecule has 0 aliphatic heterocycles. The van der Waals surface area contributed by atoms with E-state index in [1.807, 2.05) is 25.2 Å². The lowest BCUT2D eigenvalue weighted by Gasteiger charge is -2.19. The highest BCUT2D eigenvalue weighted by molar-refractivity contribution is 7.90. The third-order valence-corrected chi connectivity index (χ3v) is 4.20. The van der Waals surface area contributed by atoms with Crippen LogP contribution in [0, 0.1) is 0 Å². The molecule has 20 heavy (non-hydrogen) atoms. The summed E-state index contributed by atoms with van der Waals surface area (Å²) < 4.78 is 32.9. The molecule has 5 nitrogen and oxygen atoms in total. The van der Waals surface area contributed by atoms with Gasteiger partial charge in [-0.15, -0.1) is 0 Å². The summed E-state index contributed by atoms with van der Waals surface area (Å²) in [5.41, 5.74) is 1.00. The molecule has 1 aromatic carbocycles. The second-order valence-corrected chi connectivity index (χ2v) is 6.98. The smallest absolute Gasteiger partial charge is 0.147 e. The Hall–Kier alpha value is -1.27. The van der Waals surface area contributed by atoms with E-state index in [-0.39, 0.29) is 11.8 Å². The molecule has 0 aromatic heterocycles. The Labute approximate surface area is 121 Å². The number of rotatable bonds is 8. The van der Waals surface area contributed by atoms with Crippen molar-refractivity contribution >= 4 is 9.84 Å². The van der Waals surface area contributed by atoms with Gasteiger partial charge in [-0.05, 0) is 26.0 Å². The molecule has 0 saturated heterocycles. The fraction of sp³-hybridized carbons (Fsp3) is 0.571. The van der Waals surface area contributed by atoms with Gasteiger partial charge in [-0.3, -0.25) is 0 Å². The molecular formula is C14H23NO4S. The summed E-state index contributed by atoms with van der Waals surface area (Å²) in [6.07, 6.45) is 2.60. The van der Waals surface area contributed by atoms with E-state index in [0.29, 0.717) is 6.42 Å². The normalized spacial score (nSPS) is 13.0. The first kappa shape index (κ1) is 16.8. The molecule has 0 aliphatic rings. The Bertz CT molecular complexity index is 528. The van der Waals surface area contributed by atoms with Crippen LogP contribution in [0.5, 0.6) is 11.5 Å². The second-order valence-electron chi connectivity index (χ2n) is 4.72. The van der Waals surface area contributed by atoms with Gasteiger partial charge in [0, 0.05) is 29.7 Å². The van der Waals surface area contributed by atoms with Crippen molar-refractivity contribution in [2.24, 2.45) is 0 Å². The number of methoxy groups -OCH3 is 2. The largest absolute Gasteiger partial charge is 0.497 e. The molecule has 1 rings (SSSR count). The average Bonchev–Trinajstić information content (AvgIpc) is 2.42. The molecule has 0 fully saturated rings. The highest BCUT2D eigenvalue weighted by atomic mass is 32.2. The molecule has 0 spiro atoms. The van der Waals surface area contributed by atoms with Gasteiger partial charge in [0.2, 0.25) is 0 Å². The summed E-state index contributed by atoms with van der Waals surface area (Å²) in [7, 11) is 2.16. The summed E-state index contributed by atoms with van der Waals surface area (Å²) in [6, 6.07) is 5.70. The second kappa shape index (κ2) is 7.50. The average molecular weight is 301 g/mol. The van der Waals surface area contributed by atoms with E-state index in [4.69, 9.17) is 9.47 Å². The van der Waals surface area contributed by atoms with Crippen molar-refractivity contribution in [2.45, 2.75) is 18.9 Å². The fourth-order valence-electron chi connectivity index (χ4n) is 2.11. The Kier molecular flexibility index (Phi) is 6.29. The number of hydrogen-bond donors (Lipinski definition) is 1. The first-order chi connectivity index (χ1) is 9.41. The molecule has 0 saturated carbocycles. The maximum atomic E-state index is 11.2. The van der Waals surface area contributed by atoms with Crippen LogP contribution in [0.25, 0.3) is 0 Å². The molecule has 1 N–H and O–H groups in total. The van der Waals surface area contributed by atoms with E-state index >= 15 is 0 Å². The summed E-state index contributed by atoms with van der Waals surface area (Å²) in [5, 5.41) is 3.20. The lowest BCUT2D eigenvalue weighted by Crippen LogP contribution is -2.18. The molecule has 0 radical (unpaired) electrons. The van der Waals surface area contributed by atoms with Crippen LogP contribution in [0.1, 0.15) is 24.4 Å². The quantitative estimate of drug-likeness (QED) is 0.793. The van der Waals surface area contributed by atoms with Crippen LogP contribution in [0.15, 0.2) is 18.2 Å². The van der Waals surface area contributed by atoms with Crippen LogP contribution in [-0.4, -0.2) is 41.7 Å². The maximum absolute atomic E-state index is 11.2. The summed E-state index contributed by atoms with van der Waals surface area (Å²) >= 11 is 0. The molecule has 1 unspecified atom stereocenters. The predicted molar refractivity (Wildman–Crippen MR) is 80.3 cm³/mol. The maximum Gasteiger partial charge on any atom is 0.147 e. The molecule has 114 valence electrons. The van der Waals surface area contributed by atoms with Crippen LogP contribution >= 0.6 is 0 Å². The summed E-state index contributed by atoms with van der Waals surface area (Å²) in [5.74, 6) is 1.67. The van der Waals surface area contributed by atoms with Crippen LogP contribution < -0.4 is 14.8 Å². The van der Waals surface area contributed by atoms with Gasteiger partial charge in [0.15, 0.2) is 0 Å². The minimum absolute atomic E-state index is 0.0533. The molecule has 0 heterocycles. The predicted octanol–water partition coefficient (Wildman–Crippen LogP) is 1.79. The van der Waals surface area contributed by atoms with Gasteiger partial charge in [-0.25, -0.2) is 8.42 Å². The minimum Gasteiger partial charge on any atom is -0.497 e. The van der Waals surface area contributed by atoms with Gasteiger partial charge in [-0.2, -0.15) is 0 Å². The zero-order chi connectivity index (χ0) is 15.2. The molecule has 6 heteroatoms. The minimum atomic E-state index is -2.92.